The van der Waals surface area contributed by atoms with Crippen LogP contribution in [0.4, 0.5) is 0 Å². The molecule has 178 valence electrons. The van der Waals surface area contributed by atoms with Crippen LogP contribution >= 0.6 is 0 Å². The summed E-state index contributed by atoms with van der Waals surface area (Å²) in [6, 6.07) is 16.2. The molecule has 4 rings (SSSR count). The van der Waals surface area contributed by atoms with E-state index in [-0.39, 0.29) is 42.6 Å². The smallest absolute Gasteiger partial charge is 0.348 e. The SMILES string of the molecule is COc1ccc(-c2n(CC(=O)O[C@@H]3C[C@H](C)CC[C@H]3C(C)C)c3ccccc3[n+]2C)cc1.[I-]. The molecule has 0 unspecified atom stereocenters. The van der Waals surface area contributed by atoms with Gasteiger partial charge in [0.2, 0.25) is 0 Å². The Morgan fingerprint density at radius 3 is 2.48 bits per heavy atom. The van der Waals surface area contributed by atoms with Crippen molar-refractivity contribution in [1.82, 2.24) is 4.57 Å². The number of aryl methyl sites for hydroxylation is 1. The number of para-hydroxylation sites is 2. The number of hydrogen-bond acceptors (Lipinski definition) is 3. The van der Waals surface area contributed by atoms with Gasteiger partial charge in [0.25, 0.3) is 5.82 Å². The molecule has 1 fully saturated rings. The minimum atomic E-state index is -0.161. The molecule has 0 aliphatic heterocycles. The summed E-state index contributed by atoms with van der Waals surface area (Å²) < 4.78 is 15.7. The van der Waals surface area contributed by atoms with Gasteiger partial charge in [0, 0.05) is 0 Å². The number of fused-ring (bicyclic) bond motifs is 1. The quantitative estimate of drug-likeness (QED) is 0.263. The van der Waals surface area contributed by atoms with Crippen LogP contribution in [0.5, 0.6) is 5.75 Å². The van der Waals surface area contributed by atoms with Gasteiger partial charge in [-0.05, 0) is 67.0 Å². The predicted octanol–water partition coefficient (Wildman–Crippen LogP) is 2.15. The zero-order valence-electron chi connectivity index (χ0n) is 20.3. The van der Waals surface area contributed by atoms with E-state index in [0.29, 0.717) is 17.8 Å². The van der Waals surface area contributed by atoms with Crippen LogP contribution in [0.2, 0.25) is 0 Å². The highest BCUT2D eigenvalue weighted by molar-refractivity contribution is 5.79. The summed E-state index contributed by atoms with van der Waals surface area (Å²) in [5.41, 5.74) is 3.14. The minimum Gasteiger partial charge on any atom is -1.00 e. The molecule has 0 bridgehead atoms. The van der Waals surface area contributed by atoms with Gasteiger partial charge < -0.3 is 33.5 Å². The first-order chi connectivity index (χ1) is 15.4. The van der Waals surface area contributed by atoms with Crippen molar-refractivity contribution in [2.45, 2.75) is 52.7 Å². The van der Waals surface area contributed by atoms with E-state index in [0.717, 1.165) is 41.0 Å². The van der Waals surface area contributed by atoms with Crippen molar-refractivity contribution in [1.29, 1.82) is 0 Å². The summed E-state index contributed by atoms with van der Waals surface area (Å²) in [5.74, 6) is 3.18. The van der Waals surface area contributed by atoms with Crippen LogP contribution in [0.25, 0.3) is 22.4 Å². The first kappa shape index (κ1) is 25.5. The highest BCUT2D eigenvalue weighted by Gasteiger charge is 2.34. The average Bonchev–Trinajstić information content (AvgIpc) is 3.05. The van der Waals surface area contributed by atoms with Crippen LogP contribution in [0.1, 0.15) is 40.0 Å². The van der Waals surface area contributed by atoms with Crippen molar-refractivity contribution >= 4 is 17.0 Å². The van der Waals surface area contributed by atoms with Gasteiger partial charge in [-0.25, -0.2) is 13.9 Å². The molecule has 1 aliphatic carbocycles. The molecule has 3 atom stereocenters. The third-order valence-corrected chi connectivity index (χ3v) is 6.99. The molecule has 5 nitrogen and oxygen atoms in total. The Morgan fingerprint density at radius 2 is 1.82 bits per heavy atom. The fourth-order valence-electron chi connectivity index (χ4n) is 5.22. The lowest BCUT2D eigenvalue weighted by molar-refractivity contribution is -0.634. The summed E-state index contributed by atoms with van der Waals surface area (Å²) in [6.07, 6.45) is 3.32. The Labute approximate surface area is 214 Å². The van der Waals surface area contributed by atoms with Gasteiger partial charge in [-0.15, -0.1) is 0 Å². The van der Waals surface area contributed by atoms with Gasteiger partial charge in [0.1, 0.15) is 11.9 Å². The van der Waals surface area contributed by atoms with E-state index in [1.54, 1.807) is 7.11 Å². The van der Waals surface area contributed by atoms with Crippen LogP contribution < -0.4 is 33.3 Å². The van der Waals surface area contributed by atoms with Gasteiger partial charge in [0.05, 0.1) is 19.7 Å². The maximum atomic E-state index is 13.2. The lowest BCUT2D eigenvalue weighted by Crippen LogP contribution is -3.00. The van der Waals surface area contributed by atoms with E-state index in [1.165, 1.54) is 6.42 Å². The van der Waals surface area contributed by atoms with E-state index >= 15 is 0 Å². The molecule has 0 amide bonds. The van der Waals surface area contributed by atoms with Crippen molar-refractivity contribution in [3.8, 4) is 17.1 Å². The monoisotopic (exact) mass is 562 g/mol. The summed E-state index contributed by atoms with van der Waals surface area (Å²) >= 11 is 0. The lowest BCUT2D eigenvalue weighted by Gasteiger charge is -2.36. The van der Waals surface area contributed by atoms with Crippen LogP contribution in [0.3, 0.4) is 0 Å². The maximum absolute atomic E-state index is 13.2. The molecular formula is C27H35IN2O3. The number of halogens is 1. The van der Waals surface area contributed by atoms with Gasteiger partial charge in [-0.1, -0.05) is 39.3 Å². The molecule has 0 spiro atoms. The molecule has 0 radical (unpaired) electrons. The molecule has 1 heterocycles. The highest BCUT2D eigenvalue weighted by Crippen LogP contribution is 2.35. The zero-order chi connectivity index (χ0) is 22.8. The third kappa shape index (κ3) is 5.36. The number of nitrogens with zero attached hydrogens (tertiary/aromatic N) is 2. The summed E-state index contributed by atoms with van der Waals surface area (Å²) in [4.78, 5) is 13.2. The van der Waals surface area contributed by atoms with Crippen LogP contribution in [-0.4, -0.2) is 23.8 Å². The van der Waals surface area contributed by atoms with Gasteiger partial charge >= 0.3 is 5.97 Å². The fraction of sp³-hybridized carbons (Fsp3) is 0.481. The van der Waals surface area contributed by atoms with Crippen LogP contribution in [-0.2, 0) is 23.1 Å². The highest BCUT2D eigenvalue weighted by atomic mass is 127. The first-order valence-corrected chi connectivity index (χ1v) is 11.7. The number of esters is 1. The molecule has 6 heteroatoms. The molecule has 3 aromatic rings. The Balaban J connectivity index is 0.00000306. The zero-order valence-corrected chi connectivity index (χ0v) is 22.4. The Morgan fingerprint density at radius 1 is 1.12 bits per heavy atom. The number of benzene rings is 2. The van der Waals surface area contributed by atoms with E-state index in [2.05, 4.69) is 42.0 Å². The maximum Gasteiger partial charge on any atom is 0.348 e. The topological polar surface area (TPSA) is 44.3 Å². The molecule has 1 saturated carbocycles. The second kappa shape index (κ2) is 10.9. The molecular weight excluding hydrogens is 527 g/mol. The molecule has 1 aromatic heterocycles. The lowest BCUT2D eigenvalue weighted by atomic mass is 9.75. The predicted molar refractivity (Wildman–Crippen MR) is 126 cm³/mol. The minimum absolute atomic E-state index is 0. The van der Waals surface area contributed by atoms with Crippen LogP contribution in [0.15, 0.2) is 48.5 Å². The van der Waals surface area contributed by atoms with E-state index in [1.807, 2.05) is 43.4 Å². The molecule has 33 heavy (non-hydrogen) atoms. The van der Waals surface area contributed by atoms with Gasteiger partial charge in [-0.2, -0.15) is 0 Å². The standard InChI is InChI=1S/C27H35N2O3.HI/c1-18(2)22-15-10-19(3)16-25(22)32-26(30)17-29-24-9-7-6-8-23(24)28(4)27(29)20-11-13-21(31-5)14-12-20;/h6-9,11-14,18-19,22,25H,10,15-17H2,1-5H3;1H/q+1;/p-1/t19-,22+,25-;/m1./s1. The van der Waals surface area contributed by atoms with E-state index < -0.39 is 0 Å². The number of carbonyl (C=O) groups is 1. The number of aromatic nitrogens is 2. The van der Waals surface area contributed by atoms with Crippen molar-refractivity contribution in [3.63, 3.8) is 0 Å². The average molecular weight is 562 g/mol. The number of carbonyl (C=O) groups excluding carboxylic acids is 1. The van der Waals surface area contributed by atoms with Crippen molar-refractivity contribution in [3.05, 3.63) is 48.5 Å². The third-order valence-electron chi connectivity index (χ3n) is 6.99. The second-order valence-electron chi connectivity index (χ2n) is 9.54. The molecule has 2 aromatic carbocycles. The fourth-order valence-corrected chi connectivity index (χ4v) is 5.22. The largest absolute Gasteiger partial charge is 1.00 e. The number of hydrogen-bond donors (Lipinski definition) is 0. The number of imidazole rings is 1. The van der Waals surface area contributed by atoms with Crippen molar-refractivity contribution in [2.75, 3.05) is 7.11 Å². The second-order valence-corrected chi connectivity index (χ2v) is 9.54. The summed E-state index contributed by atoms with van der Waals surface area (Å²) in [6.45, 7) is 6.93. The van der Waals surface area contributed by atoms with Gasteiger partial charge in [-0.3, -0.25) is 0 Å². The Kier molecular flexibility index (Phi) is 8.43. The van der Waals surface area contributed by atoms with E-state index in [9.17, 15) is 4.79 Å². The molecule has 0 N–H and O–H groups in total. The molecule has 1 aliphatic rings. The number of methoxy groups -OCH3 is 1. The molecule has 0 saturated heterocycles. The summed E-state index contributed by atoms with van der Waals surface area (Å²) in [7, 11) is 3.71. The first-order valence-electron chi connectivity index (χ1n) is 11.7. The van der Waals surface area contributed by atoms with Gasteiger partial charge in [0.15, 0.2) is 17.6 Å². The Hall–Kier alpha value is -2.09. The number of rotatable bonds is 6. The summed E-state index contributed by atoms with van der Waals surface area (Å²) in [5, 5.41) is 0. The number of ether oxygens (including phenoxy) is 2. The van der Waals surface area contributed by atoms with Crippen molar-refractivity contribution in [2.24, 2.45) is 24.8 Å². The Bertz CT molecular complexity index is 1090. The normalized spacial score (nSPS) is 20.5. The van der Waals surface area contributed by atoms with Crippen LogP contribution in [0, 0.1) is 17.8 Å². The van der Waals surface area contributed by atoms with E-state index in [4.69, 9.17) is 9.47 Å². The van der Waals surface area contributed by atoms with Crippen molar-refractivity contribution < 1.29 is 42.8 Å².